The predicted molar refractivity (Wildman–Crippen MR) is 99.9 cm³/mol. The van der Waals surface area contributed by atoms with Crippen molar-refractivity contribution < 1.29 is 21.8 Å². The third-order valence-corrected chi connectivity index (χ3v) is 10.1. The van der Waals surface area contributed by atoms with E-state index in [2.05, 4.69) is 22.9 Å². The lowest BCUT2D eigenvalue weighted by molar-refractivity contribution is -0.154. The van der Waals surface area contributed by atoms with E-state index in [0.29, 0.717) is 25.2 Å². The number of hydrogen-bond donors (Lipinski definition) is 0. The van der Waals surface area contributed by atoms with Crippen molar-refractivity contribution in [3.63, 3.8) is 0 Å². The third-order valence-electron chi connectivity index (χ3n) is 8.55. The lowest BCUT2D eigenvalue weighted by atomic mass is 9.45. The number of Topliss-reactive ketones (excluding diaryl/α,β-unsaturated/α-hetero) is 1. The van der Waals surface area contributed by atoms with Crippen LogP contribution in [0.25, 0.3) is 0 Å². The number of hydrogen-bond acceptors (Lipinski definition) is 4. The number of alkyl halides is 1. The summed E-state index contributed by atoms with van der Waals surface area (Å²) in [7, 11) is 0. The van der Waals surface area contributed by atoms with Gasteiger partial charge in [-0.1, -0.05) is 22.9 Å². The van der Waals surface area contributed by atoms with E-state index in [1.165, 1.54) is 6.92 Å². The molecule has 5 rings (SSSR count). The van der Waals surface area contributed by atoms with Crippen molar-refractivity contribution >= 4 is 27.7 Å². The van der Waals surface area contributed by atoms with Crippen molar-refractivity contribution in [1.29, 1.82) is 0 Å². The summed E-state index contributed by atoms with van der Waals surface area (Å²) in [6, 6.07) is 0. The monoisotopic (exact) mass is 426 g/mol. The zero-order chi connectivity index (χ0) is 20.1. The molecule has 0 radical (unpaired) electrons. The molecule has 5 fully saturated rings. The molecule has 0 aromatic rings. The van der Waals surface area contributed by atoms with Gasteiger partial charge >= 0.3 is 5.97 Å². The molecule has 0 aromatic carbocycles. The minimum Gasteiger partial charge on any atom is -0.463 e. The Morgan fingerprint density at radius 1 is 1.31 bits per heavy atom. The molecule has 144 valence electrons. The van der Waals surface area contributed by atoms with Gasteiger partial charge in [-0.2, -0.15) is 0 Å². The van der Waals surface area contributed by atoms with Crippen molar-refractivity contribution in [2.45, 2.75) is 81.7 Å². The molecule has 2 bridgehead atoms. The van der Waals surface area contributed by atoms with Crippen molar-refractivity contribution in [1.82, 2.24) is 0 Å². The number of ketones is 1. The zero-order valence-corrected chi connectivity index (χ0v) is 17.1. The second-order valence-corrected chi connectivity index (χ2v) is 10.9. The van der Waals surface area contributed by atoms with Crippen LogP contribution in [-0.4, -0.2) is 34.9 Å². The number of carbonyl (C=O) groups excluding carboxylic acids is 2. The summed E-state index contributed by atoms with van der Waals surface area (Å²) >= 11 is 4.00. The molecular weight excluding hydrogens is 396 g/mol. The fourth-order valence-corrected chi connectivity index (χ4v) is 8.48. The van der Waals surface area contributed by atoms with Crippen LogP contribution in [0.1, 0.15) is 67.9 Å². The normalized spacial score (nSPS) is 58.1. The quantitative estimate of drug-likeness (QED) is 0.468. The summed E-state index contributed by atoms with van der Waals surface area (Å²) in [5, 5.41) is 0. The molecule has 0 amide bonds. The third kappa shape index (κ3) is 2.05. The maximum absolute atomic E-state index is 12.7. The van der Waals surface area contributed by atoms with E-state index in [4.69, 9.17) is 9.47 Å². The van der Waals surface area contributed by atoms with E-state index in [0.717, 1.165) is 32.1 Å². The molecule has 1 heterocycles. The maximum Gasteiger partial charge on any atom is 0.302 e. The Bertz CT molecular complexity index is 744. The SMILES string of the molecule is [2H]C1([2H])[C@@H]2[C@H](CC[C@]3(C)C(=O)CC[C@@H]23)[C@@]23CC[C@H](OC(C)=O)C[C@]2(Br)[C@@H]1OC3. The van der Waals surface area contributed by atoms with Gasteiger partial charge in [-0.3, -0.25) is 9.59 Å². The molecule has 0 unspecified atom stereocenters. The molecule has 5 heteroatoms. The van der Waals surface area contributed by atoms with Crippen molar-refractivity contribution in [3.8, 4) is 0 Å². The Balaban J connectivity index is 1.57. The second-order valence-electron chi connectivity index (χ2n) is 9.51. The zero-order valence-electron chi connectivity index (χ0n) is 17.6. The van der Waals surface area contributed by atoms with Gasteiger partial charge in [0.15, 0.2) is 0 Å². The Morgan fingerprint density at radius 3 is 2.88 bits per heavy atom. The molecule has 5 aliphatic rings. The van der Waals surface area contributed by atoms with Crippen molar-refractivity contribution in [2.24, 2.45) is 28.6 Å². The summed E-state index contributed by atoms with van der Waals surface area (Å²) in [5.41, 5.74) is -0.511. The highest BCUT2D eigenvalue weighted by Gasteiger charge is 2.72. The van der Waals surface area contributed by atoms with Crippen molar-refractivity contribution in [2.75, 3.05) is 6.61 Å². The molecular formula is C21H29BrO4. The average molecular weight is 427 g/mol. The number of rotatable bonds is 1. The molecule has 4 saturated carbocycles. The van der Waals surface area contributed by atoms with Crippen molar-refractivity contribution in [3.05, 3.63) is 0 Å². The summed E-state index contributed by atoms with van der Waals surface area (Å²) in [5.74, 6) is 0.216. The highest BCUT2D eigenvalue weighted by Crippen LogP contribution is 2.71. The van der Waals surface area contributed by atoms with E-state index in [1.807, 2.05) is 0 Å². The Hall–Kier alpha value is -0.420. The molecule has 8 atom stereocenters. The van der Waals surface area contributed by atoms with E-state index in [1.54, 1.807) is 0 Å². The first kappa shape index (κ1) is 15.5. The number of fused-ring (bicyclic) bond motifs is 3. The van der Waals surface area contributed by atoms with Gasteiger partial charge in [0.1, 0.15) is 11.9 Å². The van der Waals surface area contributed by atoms with Crippen LogP contribution in [0.3, 0.4) is 0 Å². The first-order valence-corrected chi connectivity index (χ1v) is 10.9. The molecule has 0 spiro atoms. The van der Waals surface area contributed by atoms with Gasteiger partial charge in [0.25, 0.3) is 0 Å². The van der Waals surface area contributed by atoms with Gasteiger partial charge in [0, 0.05) is 33.3 Å². The summed E-state index contributed by atoms with van der Waals surface area (Å²) in [4.78, 5) is 24.2. The first-order chi connectivity index (χ1) is 13.1. The van der Waals surface area contributed by atoms with Gasteiger partial charge in [-0.15, -0.1) is 0 Å². The maximum atomic E-state index is 12.7. The van der Waals surface area contributed by atoms with Gasteiger partial charge in [-0.05, 0) is 56.2 Å². The van der Waals surface area contributed by atoms with E-state index in [-0.39, 0.29) is 40.7 Å². The molecule has 0 aromatic heterocycles. The van der Waals surface area contributed by atoms with E-state index < -0.39 is 16.8 Å². The van der Waals surface area contributed by atoms with Crippen LogP contribution < -0.4 is 0 Å². The minimum absolute atomic E-state index is 0.109. The van der Waals surface area contributed by atoms with Crippen LogP contribution >= 0.6 is 15.9 Å². The topological polar surface area (TPSA) is 52.6 Å². The summed E-state index contributed by atoms with van der Waals surface area (Å²) < 4.78 is 29.6. The molecule has 4 nitrogen and oxygen atoms in total. The molecule has 0 N–H and O–H groups in total. The minimum atomic E-state index is -1.51. The fourth-order valence-electron chi connectivity index (χ4n) is 7.24. The van der Waals surface area contributed by atoms with Crippen LogP contribution in [0, 0.1) is 28.6 Å². The molecule has 1 aliphatic heterocycles. The van der Waals surface area contributed by atoms with E-state index in [9.17, 15) is 12.3 Å². The molecule has 4 aliphatic carbocycles. The average Bonchev–Trinajstić information content (AvgIpc) is 3.04. The van der Waals surface area contributed by atoms with Crippen LogP contribution in [0.2, 0.25) is 0 Å². The first-order valence-electron chi connectivity index (χ1n) is 11.1. The van der Waals surface area contributed by atoms with Crippen LogP contribution in [0.5, 0.6) is 0 Å². The lowest BCUT2D eigenvalue weighted by Gasteiger charge is -2.62. The van der Waals surface area contributed by atoms with Gasteiger partial charge in [0.05, 0.1) is 17.0 Å². The fraction of sp³-hybridized carbons (Fsp3) is 0.905. The van der Waals surface area contributed by atoms with Gasteiger partial charge in [0.2, 0.25) is 0 Å². The summed E-state index contributed by atoms with van der Waals surface area (Å²) in [6.07, 6.45) is 3.14. The Labute approximate surface area is 166 Å². The molecule has 26 heavy (non-hydrogen) atoms. The number of esters is 1. The van der Waals surface area contributed by atoms with Gasteiger partial charge in [-0.25, -0.2) is 0 Å². The number of carbonyl (C=O) groups is 2. The predicted octanol–water partition coefficient (Wildman–Crippen LogP) is 4.04. The standard InChI is InChI=1S/C21H29BrO4/c1-12(23)26-13-5-8-20-11-25-18(21(20,22)10-13)9-14-15-3-4-17(24)19(15,2)7-6-16(14)20/h13-16,18H,3-11H2,1-2H3/t13-,14-,15-,16-,18+,19-,20-,21-/m0/s1/i9D2. The largest absolute Gasteiger partial charge is 0.463 e. The smallest absolute Gasteiger partial charge is 0.302 e. The van der Waals surface area contributed by atoms with Crippen LogP contribution in [0.15, 0.2) is 0 Å². The van der Waals surface area contributed by atoms with Gasteiger partial charge < -0.3 is 9.47 Å². The highest BCUT2D eigenvalue weighted by atomic mass is 79.9. The Morgan fingerprint density at radius 2 is 2.12 bits per heavy atom. The second kappa shape index (κ2) is 5.56. The Kier molecular flexibility index (Phi) is 3.31. The number of halogens is 1. The highest BCUT2D eigenvalue weighted by molar-refractivity contribution is 9.10. The van der Waals surface area contributed by atoms with Crippen LogP contribution in [0.4, 0.5) is 0 Å². The number of ether oxygens (including phenoxy) is 2. The molecule has 1 saturated heterocycles. The van der Waals surface area contributed by atoms with Crippen LogP contribution in [-0.2, 0) is 19.1 Å². The summed E-state index contributed by atoms with van der Waals surface area (Å²) in [6.45, 7) is 4.08. The lowest BCUT2D eigenvalue weighted by Crippen LogP contribution is -2.63. The van der Waals surface area contributed by atoms with E-state index >= 15 is 0 Å².